The molecule has 3 aromatic rings. The monoisotopic (exact) mass is 417 g/mol. The maximum atomic E-state index is 13.1. The highest BCUT2D eigenvalue weighted by molar-refractivity contribution is 5.94. The summed E-state index contributed by atoms with van der Waals surface area (Å²) in [5.41, 5.74) is 1.45. The molecule has 8 nitrogen and oxygen atoms in total. The van der Waals surface area contributed by atoms with E-state index in [2.05, 4.69) is 15.4 Å². The number of amides is 2. The number of hydrogen-bond acceptors (Lipinski definition) is 5. The number of carbonyl (C=O) groups excluding carboxylic acids is 2. The summed E-state index contributed by atoms with van der Waals surface area (Å²) >= 11 is 0. The lowest BCUT2D eigenvalue weighted by molar-refractivity contribution is -0.121. The Bertz CT molecular complexity index is 1140. The van der Waals surface area contributed by atoms with Gasteiger partial charge in [-0.15, -0.1) is 0 Å². The Hall–Kier alpha value is -3.81. The fourth-order valence-electron chi connectivity index (χ4n) is 3.59. The largest absolute Gasteiger partial charge is 0.336 e. The van der Waals surface area contributed by atoms with Crippen LogP contribution in [-0.2, 0) is 4.79 Å². The first-order valence-electron chi connectivity index (χ1n) is 10.2. The minimum Gasteiger partial charge on any atom is -0.336 e. The van der Waals surface area contributed by atoms with Crippen LogP contribution < -0.4 is 10.9 Å². The summed E-state index contributed by atoms with van der Waals surface area (Å²) in [6.07, 6.45) is 3.10. The Morgan fingerprint density at radius 3 is 2.61 bits per heavy atom. The number of nitrogens with one attached hydrogen (secondary N) is 1. The summed E-state index contributed by atoms with van der Waals surface area (Å²) in [7, 11) is 0. The summed E-state index contributed by atoms with van der Waals surface area (Å²) in [4.78, 5) is 43.8. The molecular weight excluding hydrogens is 394 g/mol. The van der Waals surface area contributed by atoms with E-state index in [-0.39, 0.29) is 29.0 Å². The Morgan fingerprint density at radius 2 is 1.87 bits per heavy atom. The van der Waals surface area contributed by atoms with Crippen LogP contribution >= 0.6 is 0 Å². The number of pyridine rings is 1. The summed E-state index contributed by atoms with van der Waals surface area (Å²) in [5.74, 6) is -0.289. The second-order valence-electron chi connectivity index (χ2n) is 7.60. The molecule has 1 fully saturated rings. The number of hydrogen-bond donors (Lipinski definition) is 1. The highest BCUT2D eigenvalue weighted by Gasteiger charge is 2.30. The van der Waals surface area contributed by atoms with E-state index in [1.165, 1.54) is 16.8 Å². The highest BCUT2D eigenvalue weighted by atomic mass is 16.2. The van der Waals surface area contributed by atoms with Gasteiger partial charge in [0.25, 0.3) is 11.5 Å². The van der Waals surface area contributed by atoms with Crippen molar-refractivity contribution in [3.63, 3.8) is 0 Å². The SMILES string of the molecule is Cc1ccc(NC(=O)C2CCCN(C(=O)c3ccc(=O)n(-c4ccccc4)n3)C2)nc1. The highest BCUT2D eigenvalue weighted by Crippen LogP contribution is 2.20. The van der Waals surface area contributed by atoms with Crippen molar-refractivity contribution in [3.05, 3.63) is 82.4 Å². The Morgan fingerprint density at radius 1 is 1.06 bits per heavy atom. The van der Waals surface area contributed by atoms with Crippen LogP contribution in [0.15, 0.2) is 65.6 Å². The number of likely N-dealkylation sites (tertiary alicyclic amines) is 1. The number of aryl methyl sites for hydroxylation is 1. The van der Waals surface area contributed by atoms with E-state index in [4.69, 9.17) is 0 Å². The fraction of sp³-hybridized carbons (Fsp3) is 0.261. The van der Waals surface area contributed by atoms with E-state index in [1.807, 2.05) is 19.1 Å². The summed E-state index contributed by atoms with van der Waals surface area (Å²) < 4.78 is 1.21. The van der Waals surface area contributed by atoms with Gasteiger partial charge in [-0.05, 0) is 49.6 Å². The van der Waals surface area contributed by atoms with Crippen molar-refractivity contribution in [3.8, 4) is 5.69 Å². The number of carbonyl (C=O) groups is 2. The van der Waals surface area contributed by atoms with Crippen molar-refractivity contribution in [1.82, 2.24) is 19.7 Å². The number of nitrogens with zero attached hydrogens (tertiary/aromatic N) is 4. The molecule has 1 aliphatic heterocycles. The molecule has 0 radical (unpaired) electrons. The molecule has 0 saturated carbocycles. The summed E-state index contributed by atoms with van der Waals surface area (Å²) in [5, 5.41) is 7.09. The smallest absolute Gasteiger partial charge is 0.274 e. The number of anilines is 1. The standard InChI is InChI=1S/C23H23N5O3/c1-16-9-11-20(24-14-16)25-22(30)17-6-5-13-27(15-17)23(31)19-10-12-21(29)28(26-19)18-7-3-2-4-8-18/h2-4,7-12,14,17H,5-6,13,15H2,1H3,(H,24,25,30). The predicted molar refractivity (Wildman–Crippen MR) is 116 cm³/mol. The summed E-state index contributed by atoms with van der Waals surface area (Å²) in [6, 6.07) is 15.4. The number of benzene rings is 1. The maximum Gasteiger partial charge on any atom is 0.274 e. The number of para-hydroxylation sites is 1. The zero-order valence-corrected chi connectivity index (χ0v) is 17.2. The minimum absolute atomic E-state index is 0.156. The zero-order valence-electron chi connectivity index (χ0n) is 17.2. The second-order valence-corrected chi connectivity index (χ2v) is 7.60. The first kappa shape index (κ1) is 20.5. The van der Waals surface area contributed by atoms with Crippen LogP contribution in [0.1, 0.15) is 28.9 Å². The summed E-state index contributed by atoms with van der Waals surface area (Å²) in [6.45, 7) is 2.76. The number of rotatable bonds is 4. The van der Waals surface area contributed by atoms with Gasteiger partial charge in [-0.25, -0.2) is 4.98 Å². The average molecular weight is 417 g/mol. The molecule has 3 heterocycles. The molecule has 8 heteroatoms. The molecule has 0 aliphatic carbocycles. The van der Waals surface area contributed by atoms with E-state index < -0.39 is 0 Å². The molecular formula is C23H23N5O3. The van der Waals surface area contributed by atoms with Crippen LogP contribution in [0.4, 0.5) is 5.82 Å². The molecule has 4 rings (SSSR count). The second kappa shape index (κ2) is 8.91. The van der Waals surface area contributed by atoms with Crippen LogP contribution in [0.2, 0.25) is 0 Å². The first-order chi connectivity index (χ1) is 15.0. The Kier molecular flexibility index (Phi) is 5.88. The fourth-order valence-corrected chi connectivity index (χ4v) is 3.59. The maximum absolute atomic E-state index is 13.1. The van der Waals surface area contributed by atoms with Crippen molar-refractivity contribution in [2.45, 2.75) is 19.8 Å². The molecule has 158 valence electrons. The molecule has 1 aliphatic rings. The van der Waals surface area contributed by atoms with Crippen molar-refractivity contribution >= 4 is 17.6 Å². The lowest BCUT2D eigenvalue weighted by atomic mass is 9.97. The predicted octanol–water partition coefficient (Wildman–Crippen LogP) is 2.43. The molecule has 1 aromatic carbocycles. The van der Waals surface area contributed by atoms with Gasteiger partial charge >= 0.3 is 0 Å². The van der Waals surface area contributed by atoms with Gasteiger partial charge in [0.2, 0.25) is 5.91 Å². The van der Waals surface area contributed by atoms with Gasteiger partial charge in [0.05, 0.1) is 11.6 Å². The van der Waals surface area contributed by atoms with Gasteiger partial charge in [-0.1, -0.05) is 24.3 Å². The molecule has 2 aromatic heterocycles. The van der Waals surface area contributed by atoms with Gasteiger partial charge in [-0.2, -0.15) is 9.78 Å². The number of piperidine rings is 1. The van der Waals surface area contributed by atoms with Gasteiger partial charge in [0, 0.05) is 25.4 Å². The zero-order chi connectivity index (χ0) is 21.8. The van der Waals surface area contributed by atoms with Crippen LogP contribution in [0.25, 0.3) is 5.69 Å². The quantitative estimate of drug-likeness (QED) is 0.703. The third kappa shape index (κ3) is 4.69. The van der Waals surface area contributed by atoms with Crippen LogP contribution in [0.5, 0.6) is 0 Å². The van der Waals surface area contributed by atoms with Gasteiger partial charge in [0.15, 0.2) is 0 Å². The van der Waals surface area contributed by atoms with Crippen LogP contribution in [0, 0.1) is 12.8 Å². The van der Waals surface area contributed by atoms with E-state index in [9.17, 15) is 14.4 Å². The molecule has 1 unspecified atom stereocenters. The van der Waals surface area contributed by atoms with Gasteiger partial charge in [0.1, 0.15) is 11.5 Å². The molecule has 1 saturated heterocycles. The van der Waals surface area contributed by atoms with E-state index in [1.54, 1.807) is 41.4 Å². The lowest BCUT2D eigenvalue weighted by Gasteiger charge is -2.31. The average Bonchev–Trinajstić information content (AvgIpc) is 2.81. The van der Waals surface area contributed by atoms with Crippen LogP contribution in [0.3, 0.4) is 0 Å². The molecule has 1 atom stereocenters. The molecule has 1 N–H and O–H groups in total. The van der Waals surface area contributed by atoms with Crippen molar-refractivity contribution in [2.24, 2.45) is 5.92 Å². The minimum atomic E-state index is -0.333. The third-order valence-corrected chi connectivity index (χ3v) is 5.26. The van der Waals surface area contributed by atoms with Crippen molar-refractivity contribution < 1.29 is 9.59 Å². The first-order valence-corrected chi connectivity index (χ1v) is 10.2. The third-order valence-electron chi connectivity index (χ3n) is 5.26. The molecule has 2 amide bonds. The van der Waals surface area contributed by atoms with E-state index in [0.29, 0.717) is 37.4 Å². The Labute approximate surface area is 179 Å². The Balaban J connectivity index is 1.48. The number of aromatic nitrogens is 3. The molecule has 0 bridgehead atoms. The molecule has 0 spiro atoms. The van der Waals surface area contributed by atoms with E-state index in [0.717, 1.165) is 5.56 Å². The molecule has 31 heavy (non-hydrogen) atoms. The topological polar surface area (TPSA) is 97.2 Å². The van der Waals surface area contributed by atoms with Gasteiger partial charge in [-0.3, -0.25) is 14.4 Å². The normalized spacial score (nSPS) is 16.0. The van der Waals surface area contributed by atoms with Crippen LogP contribution in [-0.4, -0.2) is 44.6 Å². The van der Waals surface area contributed by atoms with Crippen molar-refractivity contribution in [1.29, 1.82) is 0 Å². The van der Waals surface area contributed by atoms with Crippen molar-refractivity contribution in [2.75, 3.05) is 18.4 Å². The van der Waals surface area contributed by atoms with E-state index >= 15 is 0 Å². The van der Waals surface area contributed by atoms with Gasteiger partial charge < -0.3 is 10.2 Å². The lowest BCUT2D eigenvalue weighted by Crippen LogP contribution is -2.44.